The lowest BCUT2D eigenvalue weighted by atomic mass is 9.93. The minimum absolute atomic E-state index is 0.169. The minimum atomic E-state index is 0.169. The molecule has 0 amide bonds. The molecule has 0 spiro atoms. The molecule has 0 aromatic heterocycles. The van der Waals surface area contributed by atoms with Crippen LogP contribution >= 0.6 is 0 Å². The van der Waals surface area contributed by atoms with Crippen molar-refractivity contribution in [2.75, 3.05) is 13.2 Å². The van der Waals surface area contributed by atoms with E-state index in [9.17, 15) is 5.11 Å². The van der Waals surface area contributed by atoms with Gasteiger partial charge in [0.05, 0.1) is 12.5 Å². The maximum Gasteiger partial charge on any atom is 0.0641 e. The fraction of sp³-hybridized carbons (Fsp3) is 0.562. The highest BCUT2D eigenvalue weighted by atomic mass is 16.3. The lowest BCUT2D eigenvalue weighted by Gasteiger charge is -2.40. The Morgan fingerprint density at radius 3 is 2.79 bits per heavy atom. The van der Waals surface area contributed by atoms with E-state index < -0.39 is 0 Å². The molecule has 0 aliphatic carbocycles. The molecule has 1 saturated heterocycles. The zero-order chi connectivity index (χ0) is 13.5. The van der Waals surface area contributed by atoms with Crippen LogP contribution in [0.25, 0.3) is 0 Å². The van der Waals surface area contributed by atoms with E-state index in [4.69, 9.17) is 5.26 Å². The first kappa shape index (κ1) is 14.0. The van der Waals surface area contributed by atoms with Gasteiger partial charge in [0, 0.05) is 18.7 Å². The summed E-state index contributed by atoms with van der Waals surface area (Å²) < 4.78 is 0. The molecule has 1 aliphatic heterocycles. The van der Waals surface area contributed by atoms with Crippen molar-refractivity contribution in [3.63, 3.8) is 0 Å². The molecular formula is C16H22N2O. The van der Waals surface area contributed by atoms with Gasteiger partial charge in [-0.05, 0) is 31.4 Å². The van der Waals surface area contributed by atoms with Crippen LogP contribution in [0.3, 0.4) is 0 Å². The number of nitrogens with zero attached hydrogens (tertiary/aromatic N) is 2. The second-order valence-electron chi connectivity index (χ2n) is 5.19. The molecule has 1 aliphatic rings. The van der Waals surface area contributed by atoms with Crippen molar-refractivity contribution in [1.29, 1.82) is 5.26 Å². The van der Waals surface area contributed by atoms with E-state index in [1.807, 2.05) is 18.2 Å². The standard InChI is InChI=1S/C16H22N2O/c17-11-9-16(14-6-2-1-3-7-14)18-12-5-4-8-15(18)10-13-19/h1-3,6-7,15-16,19H,4-5,8-10,12-13H2. The monoisotopic (exact) mass is 258 g/mol. The van der Waals surface area contributed by atoms with E-state index in [0.717, 1.165) is 19.4 Å². The fourth-order valence-electron chi connectivity index (χ4n) is 3.08. The molecule has 3 nitrogen and oxygen atoms in total. The molecule has 1 aromatic carbocycles. The predicted molar refractivity (Wildman–Crippen MR) is 75.5 cm³/mol. The maximum absolute atomic E-state index is 9.23. The van der Waals surface area contributed by atoms with Gasteiger partial charge >= 0.3 is 0 Å². The molecule has 1 aromatic rings. The minimum Gasteiger partial charge on any atom is -0.396 e. The lowest BCUT2D eigenvalue weighted by Crippen LogP contribution is -2.42. The van der Waals surface area contributed by atoms with Gasteiger partial charge in [-0.2, -0.15) is 5.26 Å². The third-order valence-corrected chi connectivity index (χ3v) is 4.00. The van der Waals surface area contributed by atoms with E-state index in [-0.39, 0.29) is 12.6 Å². The van der Waals surface area contributed by atoms with Crippen LogP contribution in [-0.4, -0.2) is 29.2 Å². The Morgan fingerprint density at radius 2 is 2.11 bits per heavy atom. The van der Waals surface area contributed by atoms with Gasteiger partial charge < -0.3 is 5.11 Å². The zero-order valence-electron chi connectivity index (χ0n) is 11.3. The molecule has 2 unspecified atom stereocenters. The number of likely N-dealkylation sites (tertiary alicyclic amines) is 1. The van der Waals surface area contributed by atoms with Gasteiger partial charge in [0.15, 0.2) is 0 Å². The summed E-state index contributed by atoms with van der Waals surface area (Å²) in [7, 11) is 0. The van der Waals surface area contributed by atoms with E-state index in [0.29, 0.717) is 12.5 Å². The average molecular weight is 258 g/mol. The van der Waals surface area contributed by atoms with E-state index in [1.165, 1.54) is 18.4 Å². The second-order valence-corrected chi connectivity index (χ2v) is 5.19. The summed E-state index contributed by atoms with van der Waals surface area (Å²) in [6.07, 6.45) is 4.89. The maximum atomic E-state index is 9.23. The van der Waals surface area contributed by atoms with Crippen molar-refractivity contribution in [3.8, 4) is 6.07 Å². The van der Waals surface area contributed by atoms with Crippen LogP contribution in [0.4, 0.5) is 0 Å². The summed E-state index contributed by atoms with van der Waals surface area (Å²) in [4.78, 5) is 2.43. The van der Waals surface area contributed by atoms with Crippen LogP contribution in [0.5, 0.6) is 0 Å². The molecule has 1 fully saturated rings. The number of rotatable bonds is 5. The molecule has 2 rings (SSSR count). The van der Waals surface area contributed by atoms with E-state index in [1.54, 1.807) is 0 Å². The SMILES string of the molecule is N#CCC(c1ccccc1)N1CCCCC1CCO. The summed E-state index contributed by atoms with van der Waals surface area (Å²) in [5.41, 5.74) is 1.22. The Labute approximate surface area is 115 Å². The van der Waals surface area contributed by atoms with Gasteiger partial charge in [-0.3, -0.25) is 4.90 Å². The lowest BCUT2D eigenvalue weighted by molar-refractivity contribution is 0.0766. The van der Waals surface area contributed by atoms with Crippen molar-refractivity contribution in [3.05, 3.63) is 35.9 Å². The molecular weight excluding hydrogens is 236 g/mol. The van der Waals surface area contributed by atoms with Crippen molar-refractivity contribution < 1.29 is 5.11 Å². The first-order valence-electron chi connectivity index (χ1n) is 7.15. The first-order chi connectivity index (χ1) is 9.36. The smallest absolute Gasteiger partial charge is 0.0641 e. The first-order valence-corrected chi connectivity index (χ1v) is 7.15. The number of benzene rings is 1. The van der Waals surface area contributed by atoms with Crippen molar-refractivity contribution >= 4 is 0 Å². The topological polar surface area (TPSA) is 47.3 Å². The average Bonchev–Trinajstić information content (AvgIpc) is 2.47. The highest BCUT2D eigenvalue weighted by molar-refractivity contribution is 5.20. The molecule has 1 heterocycles. The van der Waals surface area contributed by atoms with Crippen molar-refractivity contribution in [2.24, 2.45) is 0 Å². The summed E-state index contributed by atoms with van der Waals surface area (Å²) >= 11 is 0. The van der Waals surface area contributed by atoms with Gasteiger partial charge in [-0.25, -0.2) is 0 Å². The molecule has 102 valence electrons. The van der Waals surface area contributed by atoms with Crippen molar-refractivity contribution in [1.82, 2.24) is 4.90 Å². The molecule has 19 heavy (non-hydrogen) atoms. The summed E-state index contributed by atoms with van der Waals surface area (Å²) in [5, 5.41) is 18.3. The summed E-state index contributed by atoms with van der Waals surface area (Å²) in [6.45, 7) is 1.27. The highest BCUT2D eigenvalue weighted by Crippen LogP contribution is 2.31. The zero-order valence-corrected chi connectivity index (χ0v) is 11.3. The Kier molecular flexibility index (Phi) is 5.38. The normalized spacial score (nSPS) is 21.8. The molecule has 3 heteroatoms. The number of piperidine rings is 1. The van der Waals surface area contributed by atoms with Crippen LogP contribution in [0.2, 0.25) is 0 Å². The predicted octanol–water partition coefficient (Wildman–Crippen LogP) is 2.88. The Hall–Kier alpha value is -1.37. The van der Waals surface area contributed by atoms with Gasteiger partial charge in [0.25, 0.3) is 0 Å². The molecule has 0 saturated carbocycles. The number of hydrogen-bond acceptors (Lipinski definition) is 3. The van der Waals surface area contributed by atoms with E-state index >= 15 is 0 Å². The molecule has 2 atom stereocenters. The van der Waals surface area contributed by atoms with Crippen LogP contribution < -0.4 is 0 Å². The number of aliphatic hydroxyl groups excluding tert-OH is 1. The molecule has 0 bridgehead atoms. The fourth-order valence-corrected chi connectivity index (χ4v) is 3.08. The highest BCUT2D eigenvalue weighted by Gasteiger charge is 2.29. The number of nitriles is 1. The van der Waals surface area contributed by atoms with Crippen LogP contribution in [0, 0.1) is 11.3 Å². The van der Waals surface area contributed by atoms with Gasteiger partial charge in [0.2, 0.25) is 0 Å². The largest absolute Gasteiger partial charge is 0.396 e. The van der Waals surface area contributed by atoms with Crippen LogP contribution in [0.1, 0.15) is 43.7 Å². The van der Waals surface area contributed by atoms with E-state index in [2.05, 4.69) is 23.1 Å². The third kappa shape index (κ3) is 3.56. The van der Waals surface area contributed by atoms with Crippen molar-refractivity contribution in [2.45, 2.75) is 44.2 Å². The summed E-state index contributed by atoms with van der Waals surface area (Å²) in [5.74, 6) is 0. The van der Waals surface area contributed by atoms with Crippen LogP contribution in [-0.2, 0) is 0 Å². The Balaban J connectivity index is 2.19. The van der Waals surface area contributed by atoms with Gasteiger partial charge in [0.1, 0.15) is 0 Å². The molecule has 0 radical (unpaired) electrons. The Bertz CT molecular complexity index is 411. The van der Waals surface area contributed by atoms with Gasteiger partial charge in [-0.15, -0.1) is 0 Å². The quantitative estimate of drug-likeness (QED) is 0.883. The molecule has 1 N–H and O–H groups in total. The second kappa shape index (κ2) is 7.28. The third-order valence-electron chi connectivity index (χ3n) is 4.00. The summed E-state index contributed by atoms with van der Waals surface area (Å²) in [6, 6.07) is 13.2. The number of hydrogen-bond donors (Lipinski definition) is 1. The van der Waals surface area contributed by atoms with Gasteiger partial charge in [-0.1, -0.05) is 36.8 Å². The number of aliphatic hydroxyl groups is 1. The van der Waals surface area contributed by atoms with Crippen LogP contribution in [0.15, 0.2) is 30.3 Å². The Morgan fingerprint density at radius 1 is 1.32 bits per heavy atom.